The molecule has 26 heavy (non-hydrogen) atoms. The molecule has 1 N–H and O–H groups in total. The number of hydrogen-bond donors (Lipinski definition) is 1. The smallest absolute Gasteiger partial charge is 0.243 e. The van der Waals surface area contributed by atoms with Gasteiger partial charge in [-0.2, -0.15) is 0 Å². The van der Waals surface area contributed by atoms with Crippen LogP contribution in [0, 0.1) is 0 Å². The van der Waals surface area contributed by atoms with E-state index >= 15 is 0 Å². The van der Waals surface area contributed by atoms with Crippen molar-refractivity contribution >= 4 is 33.2 Å². The van der Waals surface area contributed by atoms with Gasteiger partial charge in [-0.15, -0.1) is 0 Å². The molecule has 1 saturated heterocycles. The van der Waals surface area contributed by atoms with E-state index in [0.29, 0.717) is 17.3 Å². The van der Waals surface area contributed by atoms with Crippen molar-refractivity contribution < 1.29 is 17.9 Å². The fraction of sp³-hybridized carbons (Fsp3) is 0.588. The van der Waals surface area contributed by atoms with Crippen LogP contribution in [-0.4, -0.2) is 70.9 Å². The monoisotopic (exact) mass is 403 g/mol. The molecule has 0 saturated carbocycles. The first-order valence-electron chi connectivity index (χ1n) is 8.62. The molecule has 0 unspecified atom stereocenters. The molecular weight excluding hydrogens is 378 g/mol. The molecule has 0 radical (unpaired) electrons. The maximum Gasteiger partial charge on any atom is 0.243 e. The number of hydrogen-bond acceptors (Lipinski definition) is 5. The van der Waals surface area contributed by atoms with Crippen molar-refractivity contribution in [2.75, 3.05) is 50.0 Å². The number of sulfonamides is 1. The van der Waals surface area contributed by atoms with Gasteiger partial charge in [-0.1, -0.05) is 17.7 Å². The average molecular weight is 404 g/mol. The van der Waals surface area contributed by atoms with E-state index in [2.05, 4.69) is 10.2 Å². The Labute approximate surface area is 160 Å². The molecule has 2 rings (SSSR count). The molecule has 1 aromatic rings. The number of ether oxygens (including phenoxy) is 1. The minimum Gasteiger partial charge on any atom is -0.379 e. The van der Waals surface area contributed by atoms with Crippen LogP contribution in [0.15, 0.2) is 24.3 Å². The average Bonchev–Trinajstić information content (AvgIpc) is 2.58. The number of nitrogens with zero attached hydrogens (tertiary/aromatic N) is 2. The molecule has 7 nitrogen and oxygen atoms in total. The predicted molar refractivity (Wildman–Crippen MR) is 103 cm³/mol. The Morgan fingerprint density at radius 1 is 1.38 bits per heavy atom. The molecular formula is C17H26ClN3O4S. The topological polar surface area (TPSA) is 79.0 Å². The number of rotatable bonds is 8. The number of nitrogens with one attached hydrogen (secondary N) is 1. The van der Waals surface area contributed by atoms with Crippen LogP contribution in [-0.2, 0) is 19.6 Å². The van der Waals surface area contributed by atoms with E-state index in [1.54, 1.807) is 25.1 Å². The molecule has 1 aromatic carbocycles. The highest BCUT2D eigenvalue weighted by Crippen LogP contribution is 2.24. The van der Waals surface area contributed by atoms with Crippen molar-refractivity contribution in [3.63, 3.8) is 0 Å². The van der Waals surface area contributed by atoms with Crippen molar-refractivity contribution in [2.24, 2.45) is 0 Å². The zero-order valence-electron chi connectivity index (χ0n) is 15.2. The van der Waals surface area contributed by atoms with Crippen molar-refractivity contribution in [3.05, 3.63) is 29.3 Å². The molecule has 0 bridgehead atoms. The molecule has 1 aliphatic rings. The summed E-state index contributed by atoms with van der Waals surface area (Å²) < 4.78 is 30.8. The molecule has 9 heteroatoms. The van der Waals surface area contributed by atoms with Gasteiger partial charge in [0, 0.05) is 24.7 Å². The number of morpholine rings is 1. The minimum absolute atomic E-state index is 0.336. The van der Waals surface area contributed by atoms with Crippen LogP contribution >= 0.6 is 11.6 Å². The van der Waals surface area contributed by atoms with Gasteiger partial charge in [0.05, 0.1) is 25.2 Å². The second-order valence-corrected chi connectivity index (χ2v) is 8.61. The summed E-state index contributed by atoms with van der Waals surface area (Å²) in [5, 5.41) is 3.23. The molecule has 0 aliphatic carbocycles. The fourth-order valence-electron chi connectivity index (χ4n) is 2.91. The van der Waals surface area contributed by atoms with E-state index in [9.17, 15) is 13.2 Å². The first kappa shape index (κ1) is 21.0. The molecule has 0 spiro atoms. The second-order valence-electron chi connectivity index (χ2n) is 6.31. The highest BCUT2D eigenvalue weighted by atomic mass is 35.5. The largest absolute Gasteiger partial charge is 0.379 e. The number of benzene rings is 1. The minimum atomic E-state index is -3.63. The Morgan fingerprint density at radius 2 is 2.08 bits per heavy atom. The van der Waals surface area contributed by atoms with Gasteiger partial charge >= 0.3 is 0 Å². The van der Waals surface area contributed by atoms with Gasteiger partial charge in [0.15, 0.2) is 0 Å². The Balaban J connectivity index is 1.92. The fourth-order valence-corrected chi connectivity index (χ4v) is 4.26. The van der Waals surface area contributed by atoms with Crippen LogP contribution in [0.4, 0.5) is 5.69 Å². The normalized spacial score (nSPS) is 16.9. The summed E-state index contributed by atoms with van der Waals surface area (Å²) in [6.45, 7) is 6.23. The summed E-state index contributed by atoms with van der Waals surface area (Å²) >= 11 is 5.96. The van der Waals surface area contributed by atoms with Gasteiger partial charge < -0.3 is 10.1 Å². The molecule has 146 valence electrons. The van der Waals surface area contributed by atoms with Crippen LogP contribution in [0.1, 0.15) is 13.3 Å². The van der Waals surface area contributed by atoms with E-state index < -0.39 is 16.1 Å². The Bertz CT molecular complexity index is 708. The van der Waals surface area contributed by atoms with Crippen LogP contribution in [0.2, 0.25) is 5.02 Å². The third-order valence-electron chi connectivity index (χ3n) is 4.21. The summed E-state index contributed by atoms with van der Waals surface area (Å²) in [5.41, 5.74) is 0.371. The quantitative estimate of drug-likeness (QED) is 0.662. The SMILES string of the molecule is C[C@@H](C(=O)NCCCN1CCOCC1)N(c1cccc(Cl)c1)S(C)(=O)=O. The maximum atomic E-state index is 12.5. The molecule has 1 heterocycles. The predicted octanol–water partition coefficient (Wildman–Crippen LogP) is 1.33. The number of carbonyl (C=O) groups excluding carboxylic acids is 1. The molecule has 0 aromatic heterocycles. The van der Waals surface area contributed by atoms with Gasteiger partial charge in [0.25, 0.3) is 0 Å². The summed E-state index contributed by atoms with van der Waals surface area (Å²) in [4.78, 5) is 14.7. The van der Waals surface area contributed by atoms with Gasteiger partial charge in [-0.3, -0.25) is 14.0 Å². The van der Waals surface area contributed by atoms with Crippen LogP contribution in [0.25, 0.3) is 0 Å². The lowest BCUT2D eigenvalue weighted by Crippen LogP contribution is -2.48. The highest BCUT2D eigenvalue weighted by molar-refractivity contribution is 7.92. The van der Waals surface area contributed by atoms with Crippen molar-refractivity contribution in [2.45, 2.75) is 19.4 Å². The van der Waals surface area contributed by atoms with E-state index in [4.69, 9.17) is 16.3 Å². The number of anilines is 1. The molecule has 1 atom stereocenters. The number of carbonyl (C=O) groups is 1. The van der Waals surface area contributed by atoms with Gasteiger partial charge in [-0.05, 0) is 38.1 Å². The molecule has 1 fully saturated rings. The first-order valence-corrected chi connectivity index (χ1v) is 10.8. The van der Waals surface area contributed by atoms with Crippen molar-refractivity contribution in [1.82, 2.24) is 10.2 Å². The Morgan fingerprint density at radius 3 is 2.69 bits per heavy atom. The van der Waals surface area contributed by atoms with Crippen LogP contribution in [0.3, 0.4) is 0 Å². The van der Waals surface area contributed by atoms with Crippen LogP contribution in [0.5, 0.6) is 0 Å². The van der Waals surface area contributed by atoms with Gasteiger partial charge in [0.2, 0.25) is 15.9 Å². The maximum absolute atomic E-state index is 12.5. The van der Waals surface area contributed by atoms with Crippen molar-refractivity contribution in [3.8, 4) is 0 Å². The number of amides is 1. The van der Waals surface area contributed by atoms with E-state index in [-0.39, 0.29) is 5.91 Å². The summed E-state index contributed by atoms with van der Waals surface area (Å²) in [7, 11) is -3.63. The standard InChI is InChI=1S/C17H26ClN3O4S/c1-14(17(22)19-7-4-8-20-9-11-25-12-10-20)21(26(2,23)24)16-6-3-5-15(18)13-16/h3,5-6,13-14H,4,7-12H2,1-2H3,(H,19,22)/t14-/m0/s1. The van der Waals surface area contributed by atoms with E-state index in [1.165, 1.54) is 6.07 Å². The summed E-state index contributed by atoms with van der Waals surface area (Å²) in [6, 6.07) is 5.59. The summed E-state index contributed by atoms with van der Waals surface area (Å²) in [5.74, 6) is -0.336. The van der Waals surface area contributed by atoms with E-state index in [0.717, 1.165) is 49.8 Å². The lowest BCUT2D eigenvalue weighted by Gasteiger charge is -2.29. The zero-order valence-corrected chi connectivity index (χ0v) is 16.7. The lowest BCUT2D eigenvalue weighted by atomic mass is 10.2. The Hall–Kier alpha value is -1.35. The third-order valence-corrected chi connectivity index (χ3v) is 5.68. The van der Waals surface area contributed by atoms with Gasteiger partial charge in [-0.25, -0.2) is 8.42 Å². The number of halogens is 1. The second kappa shape index (κ2) is 9.55. The Kier molecular flexibility index (Phi) is 7.69. The molecule has 1 aliphatic heterocycles. The van der Waals surface area contributed by atoms with E-state index in [1.807, 2.05) is 0 Å². The zero-order chi connectivity index (χ0) is 19.2. The van der Waals surface area contributed by atoms with Gasteiger partial charge in [0.1, 0.15) is 6.04 Å². The summed E-state index contributed by atoms with van der Waals surface area (Å²) in [6.07, 6.45) is 1.88. The highest BCUT2D eigenvalue weighted by Gasteiger charge is 2.29. The van der Waals surface area contributed by atoms with Crippen LogP contribution < -0.4 is 9.62 Å². The lowest BCUT2D eigenvalue weighted by molar-refractivity contribution is -0.121. The third kappa shape index (κ3) is 6.12. The first-order chi connectivity index (χ1) is 12.3. The van der Waals surface area contributed by atoms with Crippen molar-refractivity contribution in [1.29, 1.82) is 0 Å². The molecule has 1 amide bonds.